The molecule has 0 radical (unpaired) electrons. The summed E-state index contributed by atoms with van der Waals surface area (Å²) >= 11 is 5.86. The second-order valence-corrected chi connectivity index (χ2v) is 4.96. The Balaban J connectivity index is 1.84. The summed E-state index contributed by atoms with van der Waals surface area (Å²) < 4.78 is 1.56. The summed E-state index contributed by atoms with van der Waals surface area (Å²) in [7, 11) is 1.75. The molecule has 2 heterocycles. The fourth-order valence-corrected chi connectivity index (χ4v) is 2.09. The number of nitrogens with zero attached hydrogens (tertiary/aromatic N) is 5. The quantitative estimate of drug-likeness (QED) is 0.800. The van der Waals surface area contributed by atoms with Crippen LogP contribution in [0.15, 0.2) is 42.6 Å². The molecule has 22 heavy (non-hydrogen) atoms. The lowest BCUT2D eigenvalue weighted by atomic mass is 10.2. The molecule has 1 amide bonds. The van der Waals surface area contributed by atoms with Gasteiger partial charge in [-0.3, -0.25) is 9.78 Å². The molecular weight excluding hydrogens is 304 g/mol. The average molecular weight is 315 g/mol. The van der Waals surface area contributed by atoms with Gasteiger partial charge in [-0.05, 0) is 34.7 Å². The summed E-state index contributed by atoms with van der Waals surface area (Å²) in [4.78, 5) is 16.1. The number of aromatic nitrogens is 5. The van der Waals surface area contributed by atoms with E-state index in [1.54, 1.807) is 29.9 Å². The molecule has 0 unspecified atom stereocenters. The molecule has 0 fully saturated rings. The Kier molecular flexibility index (Phi) is 3.80. The number of amides is 1. The highest BCUT2D eigenvalue weighted by Gasteiger charge is 2.10. The Bertz CT molecular complexity index is 831. The number of hydrogen-bond acceptors (Lipinski definition) is 5. The van der Waals surface area contributed by atoms with Crippen molar-refractivity contribution in [3.63, 3.8) is 0 Å². The third-order valence-corrected chi connectivity index (χ3v) is 3.19. The monoisotopic (exact) mass is 314 g/mol. The van der Waals surface area contributed by atoms with E-state index >= 15 is 0 Å². The van der Waals surface area contributed by atoms with Gasteiger partial charge in [0, 0.05) is 29.5 Å². The first-order valence-electron chi connectivity index (χ1n) is 6.39. The van der Waals surface area contributed by atoms with Crippen LogP contribution >= 0.6 is 11.6 Å². The van der Waals surface area contributed by atoms with Gasteiger partial charge in [-0.2, -0.15) is 0 Å². The fraction of sp³-hybridized carbons (Fsp3) is 0.0714. The van der Waals surface area contributed by atoms with Crippen LogP contribution in [-0.4, -0.2) is 31.1 Å². The van der Waals surface area contributed by atoms with Gasteiger partial charge in [0.2, 0.25) is 0 Å². The molecule has 0 bridgehead atoms. The van der Waals surface area contributed by atoms with Crippen LogP contribution in [0, 0.1) is 0 Å². The highest BCUT2D eigenvalue weighted by molar-refractivity contribution is 6.30. The van der Waals surface area contributed by atoms with Crippen LogP contribution in [0.25, 0.3) is 11.4 Å². The molecule has 0 atom stereocenters. The molecular formula is C14H11ClN6O. The second kappa shape index (κ2) is 5.90. The Hall–Kier alpha value is -2.80. The lowest BCUT2D eigenvalue weighted by molar-refractivity contribution is 0.102. The number of anilines is 1. The zero-order chi connectivity index (χ0) is 15.5. The SMILES string of the molecule is Cn1nnnc1-c1cccc(NC(=O)c2cc(Cl)ccn2)c1. The van der Waals surface area contributed by atoms with Crippen molar-refractivity contribution in [3.05, 3.63) is 53.3 Å². The highest BCUT2D eigenvalue weighted by Crippen LogP contribution is 2.20. The fourth-order valence-electron chi connectivity index (χ4n) is 1.93. The number of carbonyl (C=O) groups excluding carboxylic acids is 1. The van der Waals surface area contributed by atoms with Crippen LogP contribution in [0.5, 0.6) is 0 Å². The minimum Gasteiger partial charge on any atom is -0.321 e. The highest BCUT2D eigenvalue weighted by atomic mass is 35.5. The van der Waals surface area contributed by atoms with Crippen molar-refractivity contribution in [1.29, 1.82) is 0 Å². The molecule has 0 saturated heterocycles. The molecule has 110 valence electrons. The van der Waals surface area contributed by atoms with Gasteiger partial charge in [0.25, 0.3) is 5.91 Å². The summed E-state index contributed by atoms with van der Waals surface area (Å²) in [6.07, 6.45) is 1.49. The second-order valence-electron chi connectivity index (χ2n) is 4.52. The third-order valence-electron chi connectivity index (χ3n) is 2.95. The van der Waals surface area contributed by atoms with E-state index in [-0.39, 0.29) is 11.6 Å². The number of aryl methyl sites for hydroxylation is 1. The molecule has 8 heteroatoms. The van der Waals surface area contributed by atoms with Crippen molar-refractivity contribution in [3.8, 4) is 11.4 Å². The van der Waals surface area contributed by atoms with E-state index in [2.05, 4.69) is 25.8 Å². The van der Waals surface area contributed by atoms with Crippen molar-refractivity contribution in [2.45, 2.75) is 0 Å². The Labute approximate surface area is 130 Å². The number of carbonyl (C=O) groups is 1. The zero-order valence-corrected chi connectivity index (χ0v) is 12.3. The third kappa shape index (κ3) is 2.94. The normalized spacial score (nSPS) is 10.5. The molecule has 3 aromatic rings. The average Bonchev–Trinajstić information content (AvgIpc) is 2.94. The number of tetrazole rings is 1. The summed E-state index contributed by atoms with van der Waals surface area (Å²) in [5.41, 5.74) is 1.66. The van der Waals surface area contributed by atoms with E-state index < -0.39 is 0 Å². The molecule has 7 nitrogen and oxygen atoms in total. The molecule has 0 aliphatic heterocycles. The maximum Gasteiger partial charge on any atom is 0.274 e. The van der Waals surface area contributed by atoms with Crippen LogP contribution < -0.4 is 5.32 Å². The number of hydrogen-bond donors (Lipinski definition) is 1. The van der Waals surface area contributed by atoms with E-state index in [4.69, 9.17) is 11.6 Å². The summed E-state index contributed by atoms with van der Waals surface area (Å²) in [5, 5.41) is 14.5. The van der Waals surface area contributed by atoms with Gasteiger partial charge in [0.05, 0.1) is 0 Å². The van der Waals surface area contributed by atoms with E-state index in [9.17, 15) is 4.79 Å². The summed E-state index contributed by atoms with van der Waals surface area (Å²) in [6, 6.07) is 10.3. The first kappa shape index (κ1) is 14.2. The van der Waals surface area contributed by atoms with E-state index in [1.165, 1.54) is 12.3 Å². The Morgan fingerprint density at radius 3 is 2.86 bits per heavy atom. The van der Waals surface area contributed by atoms with Crippen LogP contribution in [0.1, 0.15) is 10.5 Å². The van der Waals surface area contributed by atoms with E-state index in [0.717, 1.165) is 5.56 Å². The van der Waals surface area contributed by atoms with E-state index in [0.29, 0.717) is 16.5 Å². The molecule has 1 N–H and O–H groups in total. The molecule has 0 aliphatic carbocycles. The minimum absolute atomic E-state index is 0.248. The molecule has 0 aliphatic rings. The minimum atomic E-state index is -0.337. The Morgan fingerprint density at radius 1 is 1.27 bits per heavy atom. The van der Waals surface area contributed by atoms with E-state index in [1.807, 2.05) is 12.1 Å². The predicted molar refractivity (Wildman–Crippen MR) is 81.4 cm³/mol. The lowest BCUT2D eigenvalue weighted by Gasteiger charge is -2.06. The molecule has 0 spiro atoms. The maximum atomic E-state index is 12.2. The van der Waals surface area contributed by atoms with Gasteiger partial charge < -0.3 is 5.32 Å². The number of rotatable bonds is 3. The molecule has 0 saturated carbocycles. The molecule has 1 aromatic carbocycles. The van der Waals surface area contributed by atoms with Crippen molar-refractivity contribution >= 4 is 23.2 Å². The Morgan fingerprint density at radius 2 is 2.14 bits per heavy atom. The number of pyridine rings is 1. The zero-order valence-electron chi connectivity index (χ0n) is 11.6. The van der Waals surface area contributed by atoms with Crippen molar-refractivity contribution < 1.29 is 4.79 Å². The van der Waals surface area contributed by atoms with Gasteiger partial charge in [0.15, 0.2) is 5.82 Å². The molecule has 3 rings (SSSR count). The van der Waals surface area contributed by atoms with Gasteiger partial charge in [0.1, 0.15) is 5.69 Å². The van der Waals surface area contributed by atoms with Gasteiger partial charge >= 0.3 is 0 Å². The van der Waals surface area contributed by atoms with Crippen LogP contribution in [0.2, 0.25) is 5.02 Å². The van der Waals surface area contributed by atoms with Crippen molar-refractivity contribution in [2.75, 3.05) is 5.32 Å². The maximum absolute atomic E-state index is 12.2. The first-order valence-corrected chi connectivity index (χ1v) is 6.77. The largest absolute Gasteiger partial charge is 0.321 e. The summed E-state index contributed by atoms with van der Waals surface area (Å²) in [6.45, 7) is 0. The number of halogens is 1. The van der Waals surface area contributed by atoms with Crippen molar-refractivity contribution in [2.24, 2.45) is 7.05 Å². The molecule has 2 aromatic heterocycles. The first-order chi connectivity index (χ1) is 10.6. The lowest BCUT2D eigenvalue weighted by Crippen LogP contribution is -2.13. The van der Waals surface area contributed by atoms with Crippen LogP contribution in [-0.2, 0) is 7.05 Å². The topological polar surface area (TPSA) is 85.6 Å². The number of nitrogens with one attached hydrogen (secondary N) is 1. The van der Waals surface area contributed by atoms with Crippen molar-refractivity contribution in [1.82, 2.24) is 25.2 Å². The smallest absolute Gasteiger partial charge is 0.274 e. The predicted octanol–water partition coefficient (Wildman–Crippen LogP) is 2.18. The van der Waals surface area contributed by atoms with Gasteiger partial charge in [-0.15, -0.1) is 5.10 Å². The van der Waals surface area contributed by atoms with Gasteiger partial charge in [-0.25, -0.2) is 4.68 Å². The van der Waals surface area contributed by atoms with Gasteiger partial charge in [-0.1, -0.05) is 23.7 Å². The standard InChI is InChI=1S/C14H11ClN6O/c1-21-13(18-19-20-21)9-3-2-4-11(7-9)17-14(22)12-8-10(15)5-6-16-12/h2-8H,1H3,(H,17,22). The van der Waals surface area contributed by atoms with Crippen LogP contribution in [0.4, 0.5) is 5.69 Å². The summed E-state index contributed by atoms with van der Waals surface area (Å²) in [5.74, 6) is 0.271. The number of benzene rings is 1. The van der Waals surface area contributed by atoms with Crippen LogP contribution in [0.3, 0.4) is 0 Å².